The Morgan fingerprint density at radius 3 is 2.45 bits per heavy atom. The summed E-state index contributed by atoms with van der Waals surface area (Å²) >= 11 is 10.2. The van der Waals surface area contributed by atoms with E-state index in [1.54, 1.807) is 0 Å². The van der Waals surface area contributed by atoms with E-state index in [9.17, 15) is 25.9 Å². The summed E-state index contributed by atoms with van der Waals surface area (Å²) in [4.78, 5) is 0. The summed E-state index contributed by atoms with van der Waals surface area (Å²) in [5.41, 5.74) is 0. The fourth-order valence-corrected chi connectivity index (χ4v) is 14.1. The second-order valence-electron chi connectivity index (χ2n) is 12.1. The van der Waals surface area contributed by atoms with Crippen molar-refractivity contribution in [1.29, 1.82) is 0 Å². The van der Waals surface area contributed by atoms with Crippen LogP contribution in [-0.2, 0) is 20.2 Å². The Morgan fingerprint density at radius 2 is 1.74 bits per heavy atom. The van der Waals surface area contributed by atoms with E-state index >= 15 is 0 Å². The topological polar surface area (TPSA) is 112 Å². The average molecular weight is 627 g/mol. The molecular weight excluding hydrogens is 588 g/mol. The van der Waals surface area contributed by atoms with Gasteiger partial charge in [0.15, 0.2) is 11.1 Å². The molecular formula is C25H39ClN2O6S4+2. The van der Waals surface area contributed by atoms with Crippen LogP contribution in [0, 0.1) is 11.8 Å². The molecule has 9 unspecified atom stereocenters. The van der Waals surface area contributed by atoms with E-state index in [1.165, 1.54) is 25.7 Å². The van der Waals surface area contributed by atoms with Crippen molar-refractivity contribution in [3.05, 3.63) is 11.1 Å². The van der Waals surface area contributed by atoms with Gasteiger partial charge in [0.1, 0.15) is 12.6 Å². The summed E-state index contributed by atoms with van der Waals surface area (Å²) in [5, 5.41) is 2.12. The lowest BCUT2D eigenvalue weighted by Crippen LogP contribution is -2.72. The quantitative estimate of drug-likeness (QED) is 0.194. The van der Waals surface area contributed by atoms with Crippen molar-refractivity contribution in [3.8, 4) is 0 Å². The lowest BCUT2D eigenvalue weighted by Gasteiger charge is -2.56. The summed E-state index contributed by atoms with van der Waals surface area (Å²) < 4.78 is 70.6. The first-order valence-electron chi connectivity index (χ1n) is 14.1. The first-order valence-corrected chi connectivity index (χ1v) is 19.4. The number of quaternary nitrogens is 1. The molecule has 0 amide bonds. The Balaban J connectivity index is 1.40. The summed E-state index contributed by atoms with van der Waals surface area (Å²) in [6, 6.07) is 0.420. The van der Waals surface area contributed by atoms with Crippen molar-refractivity contribution in [2.75, 3.05) is 18.8 Å². The molecule has 9 atom stereocenters. The van der Waals surface area contributed by atoms with Crippen LogP contribution in [-0.4, -0.2) is 92.2 Å². The number of hydrogen-bond acceptors (Lipinski definition) is 6. The third-order valence-electron chi connectivity index (χ3n) is 10.1. The predicted molar refractivity (Wildman–Crippen MR) is 153 cm³/mol. The van der Waals surface area contributed by atoms with Gasteiger partial charge in [0, 0.05) is 24.1 Å². The van der Waals surface area contributed by atoms with Crippen LogP contribution in [0.15, 0.2) is 11.1 Å². The van der Waals surface area contributed by atoms with Crippen LogP contribution in [0.1, 0.15) is 70.6 Å². The third-order valence-corrected chi connectivity index (χ3v) is 15.6. The van der Waals surface area contributed by atoms with Gasteiger partial charge in [-0.25, -0.2) is 4.58 Å². The molecule has 6 rings (SSSR count). The molecule has 3 heterocycles. The largest absolute Gasteiger partial charge is 0.320 e. The maximum Gasteiger partial charge on any atom is 0.320 e. The second-order valence-corrected chi connectivity index (χ2v) is 18.4. The summed E-state index contributed by atoms with van der Waals surface area (Å²) in [6.07, 6.45) is 12.9. The normalized spacial score (nSPS) is 44.1. The van der Waals surface area contributed by atoms with Crippen LogP contribution >= 0.6 is 35.1 Å². The number of hydrogen-bond donors (Lipinski definition) is 2. The molecule has 3 aliphatic carbocycles. The molecule has 13 heteroatoms. The minimum absolute atomic E-state index is 0.0811. The molecule has 6 aliphatic rings. The van der Waals surface area contributed by atoms with Crippen LogP contribution < -0.4 is 0 Å². The van der Waals surface area contributed by atoms with Gasteiger partial charge < -0.3 is 0 Å². The van der Waals surface area contributed by atoms with Crippen molar-refractivity contribution in [2.24, 2.45) is 11.8 Å². The van der Waals surface area contributed by atoms with Gasteiger partial charge in [-0.3, -0.25) is 13.6 Å². The molecule has 5 fully saturated rings. The first-order chi connectivity index (χ1) is 18.0. The number of fused-ring (bicyclic) bond motifs is 5. The molecule has 214 valence electrons. The van der Waals surface area contributed by atoms with E-state index < -0.39 is 25.6 Å². The lowest BCUT2D eigenvalue weighted by atomic mass is 9.66. The molecule has 0 radical (unpaired) electrons. The van der Waals surface area contributed by atoms with Gasteiger partial charge in [-0.1, -0.05) is 24.6 Å². The minimum atomic E-state index is -4.21. The summed E-state index contributed by atoms with van der Waals surface area (Å²) in [6.45, 7) is 1.24. The third kappa shape index (κ3) is 5.05. The zero-order valence-electron chi connectivity index (χ0n) is 21.5. The smallest absolute Gasteiger partial charge is 0.286 e. The van der Waals surface area contributed by atoms with Gasteiger partial charge in [-0.15, -0.1) is 11.6 Å². The van der Waals surface area contributed by atoms with Gasteiger partial charge in [0.05, 0.1) is 35.3 Å². The number of thioether (sulfide) groups is 2. The Labute approximate surface area is 240 Å². The molecule has 0 aromatic heterocycles. The van der Waals surface area contributed by atoms with Crippen LogP contribution in [0.4, 0.5) is 0 Å². The zero-order chi connectivity index (χ0) is 26.9. The highest BCUT2D eigenvalue weighted by molar-refractivity contribution is 8.15. The fourth-order valence-electron chi connectivity index (χ4n) is 8.52. The van der Waals surface area contributed by atoms with E-state index in [0.717, 1.165) is 48.7 Å². The maximum atomic E-state index is 12.7. The lowest BCUT2D eigenvalue weighted by molar-refractivity contribution is -0.957. The standard InChI is InChI=1S/C25H37ClN2O6S4/c26-17-7-9-20-19(14-17)27(11-3-13-37(29,30)31)22(35-20)15-23-28(12-10-24(28)38(32,33)34)25-18-5-2-1-4-16(18)6-8-21(25)36-23/h15-21,24-25H,1-14H2/p+2. The second kappa shape index (κ2) is 10.5. The van der Waals surface area contributed by atoms with E-state index in [0.29, 0.717) is 46.2 Å². The molecule has 0 aromatic rings. The van der Waals surface area contributed by atoms with Crippen molar-refractivity contribution >= 4 is 60.4 Å². The van der Waals surface area contributed by atoms with Crippen molar-refractivity contribution in [1.82, 2.24) is 0 Å². The Kier molecular flexibility index (Phi) is 7.80. The minimum Gasteiger partial charge on any atom is -0.286 e. The monoisotopic (exact) mass is 626 g/mol. The molecule has 2 N–H and O–H groups in total. The number of rotatable bonds is 6. The van der Waals surface area contributed by atoms with Gasteiger partial charge in [-0.2, -0.15) is 16.8 Å². The van der Waals surface area contributed by atoms with Crippen LogP contribution in [0.5, 0.6) is 0 Å². The van der Waals surface area contributed by atoms with Crippen molar-refractivity contribution in [2.45, 2.75) is 104 Å². The Hall–Kier alpha value is 0.180. The summed E-state index contributed by atoms with van der Waals surface area (Å²) in [5.74, 6) is 0.862. The summed E-state index contributed by atoms with van der Waals surface area (Å²) in [7, 11) is -8.25. The van der Waals surface area contributed by atoms with E-state index in [1.807, 2.05) is 23.5 Å². The molecule has 38 heavy (non-hydrogen) atoms. The highest BCUT2D eigenvalue weighted by Crippen LogP contribution is 2.61. The zero-order valence-corrected chi connectivity index (χ0v) is 25.6. The first kappa shape index (κ1) is 28.3. The van der Waals surface area contributed by atoms with E-state index in [-0.39, 0.29) is 23.2 Å². The molecule has 8 nitrogen and oxygen atoms in total. The van der Waals surface area contributed by atoms with Gasteiger partial charge in [0.2, 0.25) is 10.4 Å². The number of alkyl halides is 1. The van der Waals surface area contributed by atoms with Crippen LogP contribution in [0.25, 0.3) is 0 Å². The van der Waals surface area contributed by atoms with Crippen LogP contribution in [0.3, 0.4) is 0 Å². The molecule has 1 spiro atoms. The molecule has 3 saturated carbocycles. The Morgan fingerprint density at radius 1 is 0.974 bits per heavy atom. The number of halogens is 1. The predicted octanol–water partition coefficient (Wildman–Crippen LogP) is 4.31. The molecule has 0 aromatic carbocycles. The van der Waals surface area contributed by atoms with Crippen molar-refractivity contribution in [3.63, 3.8) is 0 Å². The molecule has 2 saturated heterocycles. The Bertz CT molecular complexity index is 1240. The molecule has 0 bridgehead atoms. The highest BCUT2D eigenvalue weighted by Gasteiger charge is 2.69. The number of nitrogens with zero attached hydrogens (tertiary/aromatic N) is 2. The van der Waals surface area contributed by atoms with E-state index in [4.69, 9.17) is 11.6 Å². The highest BCUT2D eigenvalue weighted by atomic mass is 35.5. The fraction of sp³-hybridized carbons (Fsp3) is 0.880. The van der Waals surface area contributed by atoms with Gasteiger partial charge in [-0.05, 0) is 56.2 Å². The van der Waals surface area contributed by atoms with Gasteiger partial charge in [0.25, 0.3) is 10.1 Å². The van der Waals surface area contributed by atoms with Gasteiger partial charge >= 0.3 is 10.1 Å². The SMILES string of the molecule is O=S(=O)(O)CCC[N+]1=C(C=C2SC3CCC4CCCCC4C3[N+]23CCC3S(=O)(=O)O)SC2CCC(Cl)CC21. The molecule has 3 aliphatic heterocycles. The van der Waals surface area contributed by atoms with E-state index in [2.05, 4.69) is 10.7 Å². The average Bonchev–Trinajstić information content (AvgIpc) is 3.33. The van der Waals surface area contributed by atoms with Crippen molar-refractivity contribution < 1.29 is 35.0 Å². The maximum absolute atomic E-state index is 12.7. The van der Waals surface area contributed by atoms with Crippen LogP contribution in [0.2, 0.25) is 0 Å².